The van der Waals surface area contributed by atoms with E-state index >= 15 is 0 Å². The van der Waals surface area contributed by atoms with Crippen LogP contribution in [0.2, 0.25) is 0 Å². The third-order valence-corrected chi connectivity index (χ3v) is 6.17. The van der Waals surface area contributed by atoms with Crippen LogP contribution in [0.15, 0.2) is 24.3 Å². The third-order valence-electron chi connectivity index (χ3n) is 6.17. The first-order valence-corrected chi connectivity index (χ1v) is 8.13. The Balaban J connectivity index is 1.76. The second-order valence-electron chi connectivity index (χ2n) is 7.19. The van der Waals surface area contributed by atoms with Gasteiger partial charge in [-0.2, -0.15) is 0 Å². The van der Waals surface area contributed by atoms with Crippen molar-refractivity contribution >= 4 is 0 Å². The summed E-state index contributed by atoms with van der Waals surface area (Å²) in [5.74, 6) is 0. The number of fused-ring (bicyclic) bond motifs is 2. The van der Waals surface area contributed by atoms with Gasteiger partial charge in [0.2, 0.25) is 0 Å². The highest BCUT2D eigenvalue weighted by atomic mass is 16.3. The van der Waals surface area contributed by atoms with Gasteiger partial charge in [0.05, 0.1) is 17.6 Å². The van der Waals surface area contributed by atoms with Crippen molar-refractivity contribution in [1.82, 2.24) is 4.90 Å². The number of rotatable bonds is 0. The Morgan fingerprint density at radius 3 is 2.76 bits per heavy atom. The zero-order valence-electron chi connectivity index (χ0n) is 12.1. The van der Waals surface area contributed by atoms with Gasteiger partial charge in [0.1, 0.15) is 0 Å². The van der Waals surface area contributed by atoms with Crippen molar-refractivity contribution in [1.29, 1.82) is 0 Å². The predicted octanol–water partition coefficient (Wildman–Crippen LogP) is 1.29. The van der Waals surface area contributed by atoms with Crippen LogP contribution in [0.3, 0.4) is 0 Å². The SMILES string of the molecule is O[C@H]1C=C[C@@]23c4cc5c(cc4CN(C[C@@H]2O)[C@H]3C1)CCC5. The molecule has 21 heavy (non-hydrogen) atoms. The van der Waals surface area contributed by atoms with Crippen molar-refractivity contribution in [2.24, 2.45) is 0 Å². The molecule has 0 radical (unpaired) electrons. The topological polar surface area (TPSA) is 43.7 Å². The number of nitrogens with zero attached hydrogens (tertiary/aromatic N) is 1. The van der Waals surface area contributed by atoms with Crippen LogP contribution in [0.1, 0.15) is 35.1 Å². The standard InChI is InChI=1S/C18H21NO2/c20-14-4-5-18-15-7-12-3-1-2-11(12)6-13(15)9-19(10-17(18)21)16(18)8-14/h4-7,14,16-17,20-21H,1-3,8-10H2/t14-,16-,17-,18-/m0/s1. The average molecular weight is 283 g/mol. The zero-order valence-corrected chi connectivity index (χ0v) is 12.1. The Morgan fingerprint density at radius 1 is 1.10 bits per heavy atom. The molecule has 1 unspecified atom stereocenters. The molecule has 3 nitrogen and oxygen atoms in total. The largest absolute Gasteiger partial charge is 0.390 e. The molecule has 0 amide bonds. The second kappa shape index (κ2) is 3.97. The molecule has 1 aromatic carbocycles. The molecular formula is C18H21NO2. The van der Waals surface area contributed by atoms with Crippen LogP contribution in [-0.4, -0.2) is 39.9 Å². The first kappa shape index (κ1) is 12.4. The molecule has 2 N–H and O–H groups in total. The fraction of sp³-hybridized carbons (Fsp3) is 0.556. The van der Waals surface area contributed by atoms with E-state index < -0.39 is 0 Å². The Morgan fingerprint density at radius 2 is 1.90 bits per heavy atom. The minimum Gasteiger partial charge on any atom is -0.390 e. The molecule has 5 atom stereocenters. The highest BCUT2D eigenvalue weighted by molar-refractivity contribution is 5.52. The summed E-state index contributed by atoms with van der Waals surface area (Å²) < 4.78 is 0. The van der Waals surface area contributed by atoms with E-state index in [0.29, 0.717) is 0 Å². The van der Waals surface area contributed by atoms with E-state index in [1.165, 1.54) is 41.5 Å². The fourth-order valence-electron chi connectivity index (χ4n) is 5.22. The van der Waals surface area contributed by atoms with Gasteiger partial charge in [-0.1, -0.05) is 24.3 Å². The Bertz CT molecular complexity index is 653. The summed E-state index contributed by atoms with van der Waals surface area (Å²) in [6, 6.07) is 5.01. The van der Waals surface area contributed by atoms with Gasteiger partial charge in [-0.25, -0.2) is 0 Å². The number of aliphatic hydroxyl groups excluding tert-OH is 2. The maximum Gasteiger partial charge on any atom is 0.0813 e. The van der Waals surface area contributed by atoms with Crippen LogP contribution in [0.5, 0.6) is 0 Å². The zero-order chi connectivity index (χ0) is 14.2. The molecule has 4 aliphatic rings. The summed E-state index contributed by atoms with van der Waals surface area (Å²) in [4.78, 5) is 2.38. The summed E-state index contributed by atoms with van der Waals surface area (Å²) in [7, 11) is 0. The van der Waals surface area contributed by atoms with E-state index in [2.05, 4.69) is 23.1 Å². The highest BCUT2D eigenvalue weighted by Crippen LogP contribution is 2.51. The lowest BCUT2D eigenvalue weighted by Crippen LogP contribution is -2.52. The molecule has 3 heteroatoms. The van der Waals surface area contributed by atoms with Gasteiger partial charge in [0.15, 0.2) is 0 Å². The van der Waals surface area contributed by atoms with Gasteiger partial charge < -0.3 is 10.2 Å². The van der Waals surface area contributed by atoms with Crippen molar-refractivity contribution in [3.05, 3.63) is 46.5 Å². The molecule has 2 bridgehead atoms. The Kier molecular flexibility index (Phi) is 2.35. The molecule has 0 aromatic heterocycles. The van der Waals surface area contributed by atoms with E-state index in [0.717, 1.165) is 19.5 Å². The highest BCUT2D eigenvalue weighted by Gasteiger charge is 2.58. The first-order valence-electron chi connectivity index (χ1n) is 8.13. The lowest BCUT2D eigenvalue weighted by atomic mass is 9.65. The summed E-state index contributed by atoms with van der Waals surface area (Å²) >= 11 is 0. The van der Waals surface area contributed by atoms with E-state index in [9.17, 15) is 10.2 Å². The van der Waals surface area contributed by atoms with Crippen LogP contribution in [0, 0.1) is 0 Å². The summed E-state index contributed by atoms with van der Waals surface area (Å²) in [6.45, 7) is 1.65. The van der Waals surface area contributed by atoms with Crippen molar-refractivity contribution < 1.29 is 10.2 Å². The van der Waals surface area contributed by atoms with Crippen LogP contribution >= 0.6 is 0 Å². The van der Waals surface area contributed by atoms with E-state index in [1.807, 2.05) is 6.08 Å². The summed E-state index contributed by atoms with van der Waals surface area (Å²) in [6.07, 6.45) is 7.66. The molecule has 1 saturated heterocycles. The maximum atomic E-state index is 10.8. The van der Waals surface area contributed by atoms with E-state index in [1.54, 1.807) is 0 Å². The van der Waals surface area contributed by atoms with Crippen molar-refractivity contribution in [2.75, 3.05) is 6.54 Å². The van der Waals surface area contributed by atoms with Gasteiger partial charge in [-0.3, -0.25) is 4.90 Å². The van der Waals surface area contributed by atoms with Crippen LogP contribution in [-0.2, 0) is 24.8 Å². The van der Waals surface area contributed by atoms with Crippen LogP contribution < -0.4 is 0 Å². The smallest absolute Gasteiger partial charge is 0.0813 e. The maximum absolute atomic E-state index is 10.8. The minimum absolute atomic E-state index is 0.249. The molecule has 110 valence electrons. The average Bonchev–Trinajstić information content (AvgIpc) is 2.99. The molecule has 1 aromatic rings. The quantitative estimate of drug-likeness (QED) is 0.705. The van der Waals surface area contributed by atoms with Crippen molar-refractivity contribution in [3.8, 4) is 0 Å². The Labute approximate surface area is 124 Å². The summed E-state index contributed by atoms with van der Waals surface area (Å²) in [5.41, 5.74) is 5.43. The Hall–Kier alpha value is -1.16. The normalized spacial score (nSPS) is 42.6. The van der Waals surface area contributed by atoms with Crippen LogP contribution in [0.25, 0.3) is 0 Å². The van der Waals surface area contributed by atoms with Crippen molar-refractivity contribution in [2.45, 2.75) is 55.9 Å². The van der Waals surface area contributed by atoms with Gasteiger partial charge in [-0.05, 0) is 47.9 Å². The molecule has 2 heterocycles. The molecule has 5 rings (SSSR count). The number of aliphatic hydroxyl groups is 2. The van der Waals surface area contributed by atoms with Gasteiger partial charge in [0, 0.05) is 19.1 Å². The monoisotopic (exact) mass is 283 g/mol. The lowest BCUT2D eigenvalue weighted by molar-refractivity contribution is 0.0937. The third kappa shape index (κ3) is 1.44. The number of aryl methyl sites for hydroxylation is 2. The first-order chi connectivity index (χ1) is 10.2. The number of hydrogen-bond donors (Lipinski definition) is 2. The van der Waals surface area contributed by atoms with Gasteiger partial charge in [0.25, 0.3) is 0 Å². The lowest BCUT2D eigenvalue weighted by Gasteiger charge is -2.46. The van der Waals surface area contributed by atoms with E-state index in [4.69, 9.17) is 0 Å². The van der Waals surface area contributed by atoms with Gasteiger partial charge in [-0.15, -0.1) is 0 Å². The minimum atomic E-state index is -0.369. The van der Waals surface area contributed by atoms with E-state index in [-0.39, 0.29) is 23.7 Å². The summed E-state index contributed by atoms with van der Waals surface area (Å²) in [5, 5.41) is 20.8. The number of hydrogen-bond acceptors (Lipinski definition) is 3. The number of benzene rings is 1. The molecule has 0 spiro atoms. The molecule has 2 aliphatic carbocycles. The second-order valence-corrected chi connectivity index (χ2v) is 7.19. The van der Waals surface area contributed by atoms with Crippen LogP contribution in [0.4, 0.5) is 0 Å². The predicted molar refractivity (Wildman–Crippen MR) is 80.1 cm³/mol. The van der Waals surface area contributed by atoms with Crippen molar-refractivity contribution in [3.63, 3.8) is 0 Å². The molecular weight excluding hydrogens is 262 g/mol. The molecule has 0 saturated carbocycles. The fourth-order valence-corrected chi connectivity index (χ4v) is 5.22. The molecule has 2 aliphatic heterocycles. The van der Waals surface area contributed by atoms with Gasteiger partial charge >= 0.3 is 0 Å². The molecule has 1 fully saturated rings.